The highest BCUT2D eigenvalue weighted by molar-refractivity contribution is 5.75. The topological polar surface area (TPSA) is 81.8 Å². The van der Waals surface area contributed by atoms with Gasteiger partial charge in [-0.1, -0.05) is 0 Å². The van der Waals surface area contributed by atoms with Gasteiger partial charge in [0.1, 0.15) is 0 Å². The molecule has 5 nitrogen and oxygen atoms in total. The molecule has 17 heavy (non-hydrogen) atoms. The van der Waals surface area contributed by atoms with Gasteiger partial charge in [-0.15, -0.1) is 0 Å². The Morgan fingerprint density at radius 1 is 1.41 bits per heavy atom. The van der Waals surface area contributed by atoms with E-state index in [4.69, 9.17) is 15.2 Å². The van der Waals surface area contributed by atoms with E-state index < -0.39 is 11.4 Å². The molecular weight excluding hydrogens is 222 g/mol. The molecule has 0 aromatic carbocycles. The molecule has 100 valence electrons. The van der Waals surface area contributed by atoms with Crippen LogP contribution in [0.25, 0.3) is 0 Å². The van der Waals surface area contributed by atoms with Gasteiger partial charge in [-0.3, -0.25) is 4.79 Å². The van der Waals surface area contributed by atoms with Crippen molar-refractivity contribution in [3.05, 3.63) is 0 Å². The van der Waals surface area contributed by atoms with Crippen LogP contribution >= 0.6 is 0 Å². The van der Waals surface area contributed by atoms with Crippen molar-refractivity contribution in [2.45, 2.75) is 25.7 Å². The molecule has 0 amide bonds. The summed E-state index contributed by atoms with van der Waals surface area (Å²) in [6, 6.07) is 0. The first-order valence-corrected chi connectivity index (χ1v) is 6.17. The molecule has 1 atom stereocenters. The summed E-state index contributed by atoms with van der Waals surface area (Å²) in [6.07, 6.45) is 3.34. The van der Waals surface area contributed by atoms with E-state index in [-0.39, 0.29) is 12.5 Å². The molecule has 0 bridgehead atoms. The van der Waals surface area contributed by atoms with Crippen LogP contribution in [0, 0.1) is 11.3 Å². The first-order valence-electron chi connectivity index (χ1n) is 6.17. The molecule has 1 aliphatic carbocycles. The van der Waals surface area contributed by atoms with Crippen LogP contribution in [0.3, 0.4) is 0 Å². The molecule has 0 aromatic rings. The largest absolute Gasteiger partial charge is 0.481 e. The summed E-state index contributed by atoms with van der Waals surface area (Å²) in [7, 11) is 1.63. The highest BCUT2D eigenvalue weighted by Gasteiger charge is 2.49. The van der Waals surface area contributed by atoms with Crippen LogP contribution in [0.15, 0.2) is 0 Å². The standard InChI is InChI=1S/C12H23NO4/c1-16-7-8-17-6-2-5-12(9-13,11(14)15)10-3-4-10/h10H,2-9,13H2,1H3,(H,14,15). The third-order valence-corrected chi connectivity index (χ3v) is 3.49. The summed E-state index contributed by atoms with van der Waals surface area (Å²) < 4.78 is 10.2. The molecule has 0 radical (unpaired) electrons. The molecule has 1 fully saturated rings. The van der Waals surface area contributed by atoms with Gasteiger partial charge in [0.05, 0.1) is 18.6 Å². The van der Waals surface area contributed by atoms with Crippen molar-refractivity contribution < 1.29 is 19.4 Å². The van der Waals surface area contributed by atoms with Gasteiger partial charge >= 0.3 is 5.97 Å². The molecule has 1 aliphatic rings. The van der Waals surface area contributed by atoms with E-state index in [1.807, 2.05) is 0 Å². The summed E-state index contributed by atoms with van der Waals surface area (Å²) in [6.45, 7) is 1.93. The van der Waals surface area contributed by atoms with Crippen LogP contribution in [0.5, 0.6) is 0 Å². The predicted octanol–water partition coefficient (Wildman–Crippen LogP) is 0.869. The van der Waals surface area contributed by atoms with Crippen molar-refractivity contribution in [3.63, 3.8) is 0 Å². The van der Waals surface area contributed by atoms with Crippen molar-refractivity contribution in [1.29, 1.82) is 0 Å². The van der Waals surface area contributed by atoms with E-state index in [0.717, 1.165) is 19.3 Å². The predicted molar refractivity (Wildman–Crippen MR) is 63.8 cm³/mol. The van der Waals surface area contributed by atoms with Gasteiger partial charge in [0.2, 0.25) is 0 Å². The van der Waals surface area contributed by atoms with E-state index in [0.29, 0.717) is 26.2 Å². The van der Waals surface area contributed by atoms with Crippen molar-refractivity contribution in [3.8, 4) is 0 Å². The van der Waals surface area contributed by atoms with Gasteiger partial charge in [0.25, 0.3) is 0 Å². The molecule has 0 spiro atoms. The Morgan fingerprint density at radius 3 is 2.59 bits per heavy atom. The molecule has 0 heterocycles. The summed E-state index contributed by atoms with van der Waals surface area (Å²) in [5.41, 5.74) is 4.95. The molecule has 0 aromatic heterocycles. The number of nitrogens with two attached hydrogens (primary N) is 1. The molecule has 1 unspecified atom stereocenters. The number of hydrogen-bond acceptors (Lipinski definition) is 4. The highest BCUT2D eigenvalue weighted by Crippen LogP contribution is 2.48. The minimum atomic E-state index is -0.751. The van der Waals surface area contributed by atoms with Gasteiger partial charge in [0, 0.05) is 20.3 Å². The quantitative estimate of drug-likeness (QED) is 0.558. The van der Waals surface area contributed by atoms with Crippen LogP contribution in [0.4, 0.5) is 0 Å². The van der Waals surface area contributed by atoms with Gasteiger partial charge in [-0.2, -0.15) is 0 Å². The third-order valence-electron chi connectivity index (χ3n) is 3.49. The second-order valence-corrected chi connectivity index (χ2v) is 4.65. The highest BCUT2D eigenvalue weighted by atomic mass is 16.5. The number of aliphatic carboxylic acids is 1. The molecule has 0 aliphatic heterocycles. The fourth-order valence-electron chi connectivity index (χ4n) is 2.21. The number of carbonyl (C=O) groups is 1. The Kier molecular flexibility index (Phi) is 5.88. The Bertz CT molecular complexity index is 243. The van der Waals surface area contributed by atoms with Gasteiger partial charge in [-0.05, 0) is 31.6 Å². The molecular formula is C12H23NO4. The fraction of sp³-hybridized carbons (Fsp3) is 0.917. The average Bonchev–Trinajstić information content (AvgIpc) is 3.12. The number of methoxy groups -OCH3 is 1. The average molecular weight is 245 g/mol. The molecule has 1 rings (SSSR count). The van der Waals surface area contributed by atoms with E-state index in [2.05, 4.69) is 0 Å². The summed E-state index contributed by atoms with van der Waals surface area (Å²) >= 11 is 0. The molecule has 3 N–H and O–H groups in total. The molecule has 0 saturated heterocycles. The SMILES string of the molecule is COCCOCCCC(CN)(C(=O)O)C1CC1. The van der Waals surface area contributed by atoms with Crippen molar-refractivity contribution in [2.24, 2.45) is 17.1 Å². The van der Waals surface area contributed by atoms with Crippen LogP contribution < -0.4 is 5.73 Å². The number of carboxylic acids is 1. The zero-order valence-electron chi connectivity index (χ0n) is 10.5. The lowest BCUT2D eigenvalue weighted by molar-refractivity contribution is -0.150. The van der Waals surface area contributed by atoms with Crippen molar-refractivity contribution in [1.82, 2.24) is 0 Å². The Balaban J connectivity index is 2.27. The lowest BCUT2D eigenvalue weighted by atomic mass is 9.78. The maximum atomic E-state index is 11.4. The van der Waals surface area contributed by atoms with Crippen LogP contribution in [-0.4, -0.2) is 44.6 Å². The van der Waals surface area contributed by atoms with Crippen LogP contribution in [0.1, 0.15) is 25.7 Å². The summed E-state index contributed by atoms with van der Waals surface area (Å²) in [5, 5.41) is 9.33. The zero-order chi connectivity index (χ0) is 12.7. The number of rotatable bonds is 10. The maximum absolute atomic E-state index is 11.4. The zero-order valence-corrected chi connectivity index (χ0v) is 10.5. The summed E-state index contributed by atoms with van der Waals surface area (Å²) in [5.74, 6) is -0.483. The van der Waals surface area contributed by atoms with Crippen molar-refractivity contribution >= 4 is 5.97 Å². The fourth-order valence-corrected chi connectivity index (χ4v) is 2.21. The molecule has 5 heteroatoms. The summed E-state index contributed by atoms with van der Waals surface area (Å²) in [4.78, 5) is 11.4. The number of carboxylic acid groups (broad SMARTS) is 1. The smallest absolute Gasteiger partial charge is 0.311 e. The minimum Gasteiger partial charge on any atom is -0.481 e. The van der Waals surface area contributed by atoms with Crippen molar-refractivity contribution in [2.75, 3.05) is 33.5 Å². The first kappa shape index (κ1) is 14.4. The van der Waals surface area contributed by atoms with E-state index >= 15 is 0 Å². The number of hydrogen-bond donors (Lipinski definition) is 2. The lowest BCUT2D eigenvalue weighted by Gasteiger charge is -2.27. The maximum Gasteiger partial charge on any atom is 0.311 e. The van der Waals surface area contributed by atoms with Crippen LogP contribution in [0.2, 0.25) is 0 Å². The first-order chi connectivity index (χ1) is 8.17. The van der Waals surface area contributed by atoms with Gasteiger partial charge < -0.3 is 20.3 Å². The lowest BCUT2D eigenvalue weighted by Crippen LogP contribution is -2.41. The second kappa shape index (κ2) is 6.93. The molecule has 1 saturated carbocycles. The van der Waals surface area contributed by atoms with Crippen LogP contribution in [-0.2, 0) is 14.3 Å². The monoisotopic (exact) mass is 245 g/mol. The van der Waals surface area contributed by atoms with E-state index in [1.54, 1.807) is 7.11 Å². The van der Waals surface area contributed by atoms with Gasteiger partial charge in [0.15, 0.2) is 0 Å². The second-order valence-electron chi connectivity index (χ2n) is 4.65. The van der Waals surface area contributed by atoms with Gasteiger partial charge in [-0.25, -0.2) is 0 Å². The minimum absolute atomic E-state index is 0.227. The Morgan fingerprint density at radius 2 is 2.12 bits per heavy atom. The Hall–Kier alpha value is -0.650. The van der Waals surface area contributed by atoms with E-state index in [9.17, 15) is 9.90 Å². The van der Waals surface area contributed by atoms with E-state index in [1.165, 1.54) is 0 Å². The number of ether oxygens (including phenoxy) is 2. The Labute approximate surface area is 102 Å². The third kappa shape index (κ3) is 3.94. The normalized spacial score (nSPS) is 18.9.